The molecule has 22 heavy (non-hydrogen) atoms. The maximum atomic E-state index is 4.62. The Morgan fingerprint density at radius 2 is 1.86 bits per heavy atom. The van der Waals surface area contributed by atoms with Crippen molar-refractivity contribution in [3.63, 3.8) is 0 Å². The van der Waals surface area contributed by atoms with Gasteiger partial charge in [-0.2, -0.15) is 0 Å². The summed E-state index contributed by atoms with van der Waals surface area (Å²) in [6.07, 6.45) is 4.48. The molecule has 1 saturated heterocycles. The highest BCUT2D eigenvalue weighted by atomic mass is 15.2. The van der Waals surface area contributed by atoms with Crippen molar-refractivity contribution in [2.75, 3.05) is 23.3 Å². The molecule has 1 unspecified atom stereocenters. The van der Waals surface area contributed by atoms with Gasteiger partial charge in [-0.25, -0.2) is 9.97 Å². The summed E-state index contributed by atoms with van der Waals surface area (Å²) in [5.74, 6) is 0.977. The molecule has 3 heterocycles. The fourth-order valence-corrected chi connectivity index (χ4v) is 2.88. The molecule has 0 radical (unpaired) electrons. The summed E-state index contributed by atoms with van der Waals surface area (Å²) in [5, 5.41) is 3.58. The smallest absolute Gasteiger partial charge is 0.180 e. The average molecular weight is 291 g/mol. The zero-order chi connectivity index (χ0) is 14.8. The van der Waals surface area contributed by atoms with Gasteiger partial charge in [0.15, 0.2) is 5.65 Å². The predicted octanol–water partition coefficient (Wildman–Crippen LogP) is 2.72. The van der Waals surface area contributed by atoms with E-state index in [4.69, 9.17) is 0 Å². The van der Waals surface area contributed by atoms with Gasteiger partial charge < -0.3 is 10.2 Å². The van der Waals surface area contributed by atoms with Crippen molar-refractivity contribution in [1.29, 1.82) is 0 Å². The Balaban J connectivity index is 1.49. The minimum absolute atomic E-state index is 0.446. The monoisotopic (exact) mass is 291 g/mol. The van der Waals surface area contributed by atoms with Crippen LogP contribution in [0.4, 0.5) is 11.5 Å². The van der Waals surface area contributed by atoms with Gasteiger partial charge in [-0.1, -0.05) is 18.2 Å². The van der Waals surface area contributed by atoms with Crippen LogP contribution in [0.2, 0.25) is 0 Å². The molecule has 5 heteroatoms. The number of hydrogen-bond acceptors (Lipinski definition) is 5. The molecule has 0 amide bonds. The minimum Gasteiger partial charge on any atom is -0.380 e. The third-order valence-corrected chi connectivity index (χ3v) is 3.97. The number of fused-ring (bicyclic) bond motifs is 1. The van der Waals surface area contributed by atoms with E-state index in [0.717, 1.165) is 30.8 Å². The zero-order valence-corrected chi connectivity index (χ0v) is 12.2. The molecule has 0 bridgehead atoms. The number of aromatic nitrogens is 3. The number of rotatable bonds is 3. The van der Waals surface area contributed by atoms with Crippen LogP contribution in [-0.2, 0) is 0 Å². The quantitative estimate of drug-likeness (QED) is 0.804. The van der Waals surface area contributed by atoms with Crippen LogP contribution in [0.3, 0.4) is 0 Å². The van der Waals surface area contributed by atoms with Gasteiger partial charge in [0.05, 0.1) is 0 Å². The molecule has 1 aliphatic rings. The van der Waals surface area contributed by atoms with E-state index >= 15 is 0 Å². The van der Waals surface area contributed by atoms with E-state index in [1.807, 2.05) is 18.2 Å². The fraction of sp³-hybridized carbons (Fsp3) is 0.235. The lowest BCUT2D eigenvalue weighted by Gasteiger charge is -2.18. The second-order valence-electron chi connectivity index (χ2n) is 5.51. The van der Waals surface area contributed by atoms with Crippen LogP contribution in [0.25, 0.3) is 11.2 Å². The van der Waals surface area contributed by atoms with Crippen LogP contribution in [-0.4, -0.2) is 34.1 Å². The van der Waals surface area contributed by atoms with Crippen LogP contribution in [0.15, 0.2) is 54.9 Å². The summed E-state index contributed by atoms with van der Waals surface area (Å²) in [4.78, 5) is 15.5. The first kappa shape index (κ1) is 13.0. The Morgan fingerprint density at radius 1 is 1.00 bits per heavy atom. The second kappa shape index (κ2) is 5.60. The summed E-state index contributed by atoms with van der Waals surface area (Å²) in [5.41, 5.74) is 2.72. The number of para-hydroxylation sites is 1. The van der Waals surface area contributed by atoms with E-state index in [1.54, 1.807) is 12.4 Å². The van der Waals surface area contributed by atoms with E-state index in [9.17, 15) is 0 Å². The van der Waals surface area contributed by atoms with Crippen LogP contribution in [0.1, 0.15) is 6.42 Å². The third-order valence-electron chi connectivity index (χ3n) is 3.97. The summed E-state index contributed by atoms with van der Waals surface area (Å²) in [6, 6.07) is 14.8. The first-order chi connectivity index (χ1) is 10.9. The molecule has 1 fully saturated rings. The maximum absolute atomic E-state index is 4.62. The molecule has 2 aromatic heterocycles. The highest BCUT2D eigenvalue weighted by Gasteiger charge is 2.23. The molecule has 4 rings (SSSR count). The van der Waals surface area contributed by atoms with Crippen LogP contribution >= 0.6 is 0 Å². The Morgan fingerprint density at radius 3 is 2.77 bits per heavy atom. The third kappa shape index (κ3) is 2.57. The molecule has 1 N–H and O–H groups in total. The van der Waals surface area contributed by atoms with Gasteiger partial charge in [0.2, 0.25) is 0 Å². The molecule has 1 atom stereocenters. The molecule has 3 aromatic rings. The van der Waals surface area contributed by atoms with E-state index in [1.165, 1.54) is 5.69 Å². The van der Waals surface area contributed by atoms with Crippen molar-refractivity contribution in [3.8, 4) is 0 Å². The number of nitrogens with one attached hydrogen (secondary N) is 1. The van der Waals surface area contributed by atoms with Crippen molar-refractivity contribution in [1.82, 2.24) is 15.0 Å². The average Bonchev–Trinajstić information content (AvgIpc) is 3.04. The zero-order valence-electron chi connectivity index (χ0n) is 12.2. The highest BCUT2D eigenvalue weighted by molar-refractivity contribution is 5.71. The van der Waals surface area contributed by atoms with Gasteiger partial charge in [-0.05, 0) is 30.7 Å². The van der Waals surface area contributed by atoms with Crippen LogP contribution < -0.4 is 10.2 Å². The number of pyridine rings is 1. The first-order valence-corrected chi connectivity index (χ1v) is 7.53. The topological polar surface area (TPSA) is 53.9 Å². The van der Waals surface area contributed by atoms with E-state index < -0.39 is 0 Å². The van der Waals surface area contributed by atoms with Crippen molar-refractivity contribution < 1.29 is 0 Å². The Labute approximate surface area is 129 Å². The highest BCUT2D eigenvalue weighted by Crippen LogP contribution is 2.22. The van der Waals surface area contributed by atoms with Crippen molar-refractivity contribution in [2.45, 2.75) is 12.5 Å². The number of hydrogen-bond donors (Lipinski definition) is 1. The van der Waals surface area contributed by atoms with Crippen molar-refractivity contribution in [3.05, 3.63) is 54.9 Å². The summed E-state index contributed by atoms with van der Waals surface area (Å²) >= 11 is 0. The molecule has 0 aliphatic carbocycles. The minimum atomic E-state index is 0.446. The number of nitrogens with zero attached hydrogens (tertiary/aromatic N) is 4. The van der Waals surface area contributed by atoms with Gasteiger partial charge in [0, 0.05) is 37.2 Å². The van der Waals surface area contributed by atoms with Crippen LogP contribution in [0.5, 0.6) is 0 Å². The largest absolute Gasteiger partial charge is 0.380 e. The lowest BCUT2D eigenvalue weighted by atomic mass is 10.2. The summed E-state index contributed by atoms with van der Waals surface area (Å²) < 4.78 is 0. The summed E-state index contributed by atoms with van der Waals surface area (Å²) in [6.45, 7) is 1.96. The molecule has 1 aromatic carbocycles. The predicted molar refractivity (Wildman–Crippen MR) is 88.0 cm³/mol. The van der Waals surface area contributed by atoms with Gasteiger partial charge in [0.25, 0.3) is 0 Å². The first-order valence-electron chi connectivity index (χ1n) is 7.53. The second-order valence-corrected chi connectivity index (χ2v) is 5.51. The van der Waals surface area contributed by atoms with Crippen molar-refractivity contribution >= 4 is 22.7 Å². The molecule has 1 aliphatic heterocycles. The Kier molecular flexibility index (Phi) is 3.31. The number of anilines is 2. The van der Waals surface area contributed by atoms with E-state index in [0.29, 0.717) is 11.7 Å². The molecule has 0 saturated carbocycles. The lowest BCUT2D eigenvalue weighted by molar-refractivity contribution is 0.806. The fourth-order valence-electron chi connectivity index (χ4n) is 2.88. The molecule has 110 valence electrons. The standard InChI is InChI=1S/C17H17N5/c1-2-4-13(5-3-1)20-14-8-11-22(12-14)16-7-6-15-17(21-16)19-10-9-18-15/h1-7,9-10,14,20H,8,11-12H2. The molecular weight excluding hydrogens is 274 g/mol. The van der Waals surface area contributed by atoms with Gasteiger partial charge in [-0.15, -0.1) is 0 Å². The maximum Gasteiger partial charge on any atom is 0.180 e. The Hall–Kier alpha value is -2.69. The number of benzene rings is 1. The molecule has 0 spiro atoms. The SMILES string of the molecule is c1ccc(NC2CCN(c3ccc4nccnc4n3)C2)cc1. The van der Waals surface area contributed by atoms with Gasteiger partial charge in [0.1, 0.15) is 11.3 Å². The molecule has 5 nitrogen and oxygen atoms in total. The van der Waals surface area contributed by atoms with Crippen LogP contribution in [0, 0.1) is 0 Å². The summed E-state index contributed by atoms with van der Waals surface area (Å²) in [7, 11) is 0. The normalized spacial score (nSPS) is 17.8. The van der Waals surface area contributed by atoms with Crippen molar-refractivity contribution in [2.24, 2.45) is 0 Å². The molecular formula is C17H17N5. The van der Waals surface area contributed by atoms with E-state index in [-0.39, 0.29) is 0 Å². The van der Waals surface area contributed by atoms with E-state index in [2.05, 4.69) is 49.4 Å². The van der Waals surface area contributed by atoms with Gasteiger partial charge in [-0.3, -0.25) is 4.98 Å². The lowest BCUT2D eigenvalue weighted by Crippen LogP contribution is -2.26. The van der Waals surface area contributed by atoms with Gasteiger partial charge >= 0.3 is 0 Å². The Bertz CT molecular complexity index is 774.